The number of alkyl halides is 1. The molecule has 0 saturated heterocycles. The number of aryl methyl sites for hydroxylation is 1. The Morgan fingerprint density at radius 1 is 1.42 bits per heavy atom. The molecule has 0 saturated carbocycles. The molecule has 0 aromatic heterocycles. The van der Waals surface area contributed by atoms with Crippen molar-refractivity contribution < 1.29 is 4.39 Å². The number of hydrogen-bond acceptors (Lipinski definition) is 0. The molecule has 0 aliphatic carbocycles. The Morgan fingerprint density at radius 3 is 2.75 bits per heavy atom. The van der Waals surface area contributed by atoms with Gasteiger partial charge in [0.15, 0.2) is 0 Å². The van der Waals surface area contributed by atoms with Crippen LogP contribution in [0.1, 0.15) is 11.1 Å². The van der Waals surface area contributed by atoms with Gasteiger partial charge in [-0.25, -0.2) is 4.39 Å². The standard InChI is InChI=1S/C10H8ClF/c1-8-5-9(3-2-4-11)7-10(12)6-8/h5-7H,4H2,1H3. The molecule has 1 aromatic carbocycles. The minimum atomic E-state index is -0.256. The molecule has 0 radical (unpaired) electrons. The molecule has 2 heteroatoms. The topological polar surface area (TPSA) is 0 Å². The van der Waals surface area contributed by atoms with Crippen molar-refractivity contribution >= 4 is 11.6 Å². The van der Waals surface area contributed by atoms with Crippen molar-refractivity contribution in [3.63, 3.8) is 0 Å². The van der Waals surface area contributed by atoms with Crippen molar-refractivity contribution in [2.24, 2.45) is 0 Å². The van der Waals surface area contributed by atoms with Crippen LogP contribution in [0.15, 0.2) is 18.2 Å². The highest BCUT2D eigenvalue weighted by Gasteiger charge is 1.93. The Morgan fingerprint density at radius 2 is 2.17 bits per heavy atom. The molecule has 0 bridgehead atoms. The maximum Gasteiger partial charge on any atom is 0.124 e. The van der Waals surface area contributed by atoms with E-state index in [-0.39, 0.29) is 11.7 Å². The van der Waals surface area contributed by atoms with Crippen molar-refractivity contribution in [2.75, 3.05) is 5.88 Å². The summed E-state index contributed by atoms with van der Waals surface area (Å²) in [6, 6.07) is 4.68. The first-order chi connectivity index (χ1) is 5.72. The second-order valence-electron chi connectivity index (χ2n) is 2.45. The fraction of sp³-hybridized carbons (Fsp3) is 0.200. The summed E-state index contributed by atoms with van der Waals surface area (Å²) in [5.41, 5.74) is 1.54. The first kappa shape index (κ1) is 9.09. The minimum absolute atomic E-state index is 0.256. The summed E-state index contributed by atoms with van der Waals surface area (Å²) in [4.78, 5) is 0. The maximum atomic E-state index is 12.8. The van der Waals surface area contributed by atoms with Gasteiger partial charge in [0, 0.05) is 5.56 Å². The molecule has 0 N–H and O–H groups in total. The molecule has 0 fully saturated rings. The first-order valence-corrected chi connectivity index (χ1v) is 4.08. The van der Waals surface area contributed by atoms with Crippen LogP contribution >= 0.6 is 11.6 Å². The van der Waals surface area contributed by atoms with E-state index in [0.29, 0.717) is 5.56 Å². The molecular formula is C10H8ClF. The Kier molecular flexibility index (Phi) is 3.13. The van der Waals surface area contributed by atoms with Crippen LogP contribution in [-0.2, 0) is 0 Å². The van der Waals surface area contributed by atoms with Crippen molar-refractivity contribution in [3.8, 4) is 11.8 Å². The molecule has 0 amide bonds. The van der Waals surface area contributed by atoms with Crippen LogP contribution in [0.5, 0.6) is 0 Å². The molecule has 0 spiro atoms. The van der Waals surface area contributed by atoms with Gasteiger partial charge in [0.25, 0.3) is 0 Å². The molecular weight excluding hydrogens is 175 g/mol. The molecule has 0 aliphatic rings. The van der Waals surface area contributed by atoms with E-state index in [1.54, 1.807) is 0 Å². The first-order valence-electron chi connectivity index (χ1n) is 3.54. The van der Waals surface area contributed by atoms with Crippen molar-refractivity contribution in [1.29, 1.82) is 0 Å². The van der Waals surface area contributed by atoms with E-state index in [1.807, 2.05) is 13.0 Å². The fourth-order valence-corrected chi connectivity index (χ4v) is 1.01. The SMILES string of the molecule is Cc1cc(F)cc(C#CCCl)c1. The lowest BCUT2D eigenvalue weighted by molar-refractivity contribution is 0.626. The third kappa shape index (κ3) is 2.56. The molecule has 0 heterocycles. The number of benzene rings is 1. The van der Waals surface area contributed by atoms with E-state index in [9.17, 15) is 4.39 Å². The second-order valence-corrected chi connectivity index (χ2v) is 2.72. The van der Waals surface area contributed by atoms with Gasteiger partial charge in [-0.05, 0) is 30.7 Å². The molecule has 0 unspecified atom stereocenters. The van der Waals surface area contributed by atoms with E-state index in [0.717, 1.165) is 5.56 Å². The molecule has 0 nitrogen and oxygen atoms in total. The smallest absolute Gasteiger partial charge is 0.124 e. The Hall–Kier alpha value is -1.00. The summed E-state index contributed by atoms with van der Waals surface area (Å²) in [5.74, 6) is 5.44. The number of rotatable bonds is 0. The molecule has 12 heavy (non-hydrogen) atoms. The van der Waals surface area contributed by atoms with Gasteiger partial charge in [-0.1, -0.05) is 11.8 Å². The fourth-order valence-electron chi connectivity index (χ4n) is 0.944. The van der Waals surface area contributed by atoms with Gasteiger partial charge in [0.1, 0.15) is 5.82 Å². The van der Waals surface area contributed by atoms with Crippen molar-refractivity contribution in [1.82, 2.24) is 0 Å². The van der Waals surface area contributed by atoms with E-state index in [4.69, 9.17) is 11.6 Å². The summed E-state index contributed by atoms with van der Waals surface area (Å²) in [6.45, 7) is 1.83. The van der Waals surface area contributed by atoms with Crippen LogP contribution in [0.2, 0.25) is 0 Å². The quantitative estimate of drug-likeness (QED) is 0.428. The highest BCUT2D eigenvalue weighted by molar-refractivity contribution is 6.19. The van der Waals surface area contributed by atoms with E-state index in [1.165, 1.54) is 12.1 Å². The molecule has 1 aromatic rings. The van der Waals surface area contributed by atoms with Crippen LogP contribution in [0.25, 0.3) is 0 Å². The third-order valence-electron chi connectivity index (χ3n) is 1.34. The van der Waals surface area contributed by atoms with Gasteiger partial charge >= 0.3 is 0 Å². The van der Waals surface area contributed by atoms with E-state index in [2.05, 4.69) is 11.8 Å². The molecule has 62 valence electrons. The van der Waals surface area contributed by atoms with Gasteiger partial charge in [0.2, 0.25) is 0 Å². The monoisotopic (exact) mass is 182 g/mol. The van der Waals surface area contributed by atoms with Gasteiger partial charge < -0.3 is 0 Å². The van der Waals surface area contributed by atoms with E-state index < -0.39 is 0 Å². The third-order valence-corrected chi connectivity index (χ3v) is 1.48. The van der Waals surface area contributed by atoms with E-state index >= 15 is 0 Å². The van der Waals surface area contributed by atoms with Gasteiger partial charge in [-0.2, -0.15) is 0 Å². The summed E-state index contributed by atoms with van der Waals surface area (Å²) in [6.07, 6.45) is 0. The zero-order valence-electron chi connectivity index (χ0n) is 6.70. The van der Waals surface area contributed by atoms with Crippen LogP contribution in [0, 0.1) is 24.6 Å². The number of hydrogen-bond donors (Lipinski definition) is 0. The minimum Gasteiger partial charge on any atom is -0.207 e. The Labute approximate surface area is 76.4 Å². The molecule has 0 atom stereocenters. The average molecular weight is 183 g/mol. The van der Waals surface area contributed by atoms with Crippen LogP contribution < -0.4 is 0 Å². The lowest BCUT2D eigenvalue weighted by atomic mass is 10.1. The van der Waals surface area contributed by atoms with Crippen LogP contribution in [0.4, 0.5) is 4.39 Å². The highest BCUT2D eigenvalue weighted by atomic mass is 35.5. The van der Waals surface area contributed by atoms with Crippen LogP contribution in [0.3, 0.4) is 0 Å². The molecule has 0 aliphatic heterocycles. The lowest BCUT2D eigenvalue weighted by Crippen LogP contribution is -1.81. The van der Waals surface area contributed by atoms with Crippen LogP contribution in [-0.4, -0.2) is 5.88 Å². The largest absolute Gasteiger partial charge is 0.207 e. The summed E-state index contributed by atoms with van der Waals surface area (Å²) in [7, 11) is 0. The van der Waals surface area contributed by atoms with Gasteiger partial charge in [0.05, 0.1) is 5.88 Å². The lowest BCUT2D eigenvalue weighted by Gasteiger charge is -1.94. The highest BCUT2D eigenvalue weighted by Crippen LogP contribution is 2.06. The zero-order valence-corrected chi connectivity index (χ0v) is 7.45. The summed E-state index contributed by atoms with van der Waals surface area (Å²) < 4.78 is 12.8. The van der Waals surface area contributed by atoms with Crippen molar-refractivity contribution in [2.45, 2.75) is 6.92 Å². The van der Waals surface area contributed by atoms with Gasteiger partial charge in [-0.3, -0.25) is 0 Å². The summed E-state index contributed by atoms with van der Waals surface area (Å²) in [5, 5.41) is 0. The second kappa shape index (κ2) is 4.13. The molecule has 1 rings (SSSR count). The zero-order chi connectivity index (χ0) is 8.97. The number of halogens is 2. The maximum absolute atomic E-state index is 12.8. The summed E-state index contributed by atoms with van der Waals surface area (Å²) >= 11 is 5.36. The van der Waals surface area contributed by atoms with Crippen molar-refractivity contribution in [3.05, 3.63) is 35.1 Å². The predicted octanol–water partition coefficient (Wildman–Crippen LogP) is 2.72. The predicted molar refractivity (Wildman–Crippen MR) is 48.7 cm³/mol. The van der Waals surface area contributed by atoms with Gasteiger partial charge in [-0.15, -0.1) is 11.6 Å². The average Bonchev–Trinajstić information content (AvgIpc) is 1.99. The Bertz CT molecular complexity index is 313. The Balaban J connectivity index is 3.01. The normalized spacial score (nSPS) is 8.92.